The normalized spacial score (nSPS) is 11.9. The van der Waals surface area contributed by atoms with E-state index in [4.69, 9.17) is 14.2 Å². The molecule has 0 aromatic heterocycles. The zero-order valence-electron chi connectivity index (χ0n) is 31.7. The van der Waals surface area contributed by atoms with E-state index < -0.39 is 6.10 Å². The highest BCUT2D eigenvalue weighted by atomic mass is 16.6. The van der Waals surface area contributed by atoms with Crippen LogP contribution >= 0.6 is 0 Å². The van der Waals surface area contributed by atoms with Crippen LogP contribution < -0.4 is 0 Å². The number of unbranched alkanes of at least 4 members (excludes halogenated alkanes) is 23. The van der Waals surface area contributed by atoms with Crippen molar-refractivity contribution < 1.29 is 28.6 Å². The number of carbonyl (C=O) groups excluding carboxylic acids is 3. The Kier molecular flexibility index (Phi) is 34.5. The van der Waals surface area contributed by atoms with Gasteiger partial charge >= 0.3 is 17.9 Å². The highest BCUT2D eigenvalue weighted by Crippen LogP contribution is 2.15. The molecular weight excluding hydrogens is 588 g/mol. The smallest absolute Gasteiger partial charge is 0.306 e. The van der Waals surface area contributed by atoms with Crippen LogP contribution in [0.15, 0.2) is 0 Å². The maximum atomic E-state index is 12.6. The molecule has 6 heteroatoms. The highest BCUT2D eigenvalue weighted by Gasteiger charge is 2.19. The molecule has 0 aliphatic heterocycles. The lowest BCUT2D eigenvalue weighted by molar-refractivity contribution is -0.167. The van der Waals surface area contributed by atoms with Gasteiger partial charge in [0.05, 0.1) is 0 Å². The van der Waals surface area contributed by atoms with E-state index in [-0.39, 0.29) is 31.1 Å². The Bertz CT molecular complexity index is 706. The first kappa shape index (κ1) is 45.4. The Hall–Kier alpha value is -1.59. The zero-order valence-corrected chi connectivity index (χ0v) is 31.7. The van der Waals surface area contributed by atoms with Crippen molar-refractivity contribution in [3.05, 3.63) is 0 Å². The number of hydrogen-bond acceptors (Lipinski definition) is 6. The minimum absolute atomic E-state index is 0.0655. The Balaban J connectivity index is 4.34. The third-order valence-electron chi connectivity index (χ3n) is 9.04. The van der Waals surface area contributed by atoms with Crippen LogP contribution in [0, 0.1) is 5.92 Å². The minimum atomic E-state index is -0.757. The fraction of sp³-hybridized carbons (Fsp3) is 0.927. The van der Waals surface area contributed by atoms with Crippen LogP contribution in [0.5, 0.6) is 0 Å². The molecule has 0 fully saturated rings. The summed E-state index contributed by atoms with van der Waals surface area (Å²) in [6.45, 7) is 8.88. The first-order valence-electron chi connectivity index (χ1n) is 20.4. The second kappa shape index (κ2) is 35.7. The van der Waals surface area contributed by atoms with Crippen molar-refractivity contribution in [3.8, 4) is 0 Å². The minimum Gasteiger partial charge on any atom is -0.462 e. The quantitative estimate of drug-likeness (QED) is 0.0376. The van der Waals surface area contributed by atoms with Gasteiger partial charge in [0.15, 0.2) is 6.10 Å². The SMILES string of the molecule is CCCCCCCCCCCCCC(=O)OC[C@@H](COC(=O)CCCCCCCCC(C)C)OC(=O)CCCCCCCCCCC. The number of esters is 3. The Labute approximate surface area is 291 Å². The molecule has 0 radical (unpaired) electrons. The van der Waals surface area contributed by atoms with Crippen LogP contribution in [0.1, 0.15) is 220 Å². The van der Waals surface area contributed by atoms with Crippen LogP contribution in [0.2, 0.25) is 0 Å². The fourth-order valence-electron chi connectivity index (χ4n) is 5.92. The maximum Gasteiger partial charge on any atom is 0.306 e. The topological polar surface area (TPSA) is 78.9 Å². The molecule has 0 unspecified atom stereocenters. The summed E-state index contributed by atoms with van der Waals surface area (Å²) < 4.78 is 16.6. The van der Waals surface area contributed by atoms with E-state index in [1.807, 2.05) is 0 Å². The van der Waals surface area contributed by atoms with Crippen molar-refractivity contribution in [1.82, 2.24) is 0 Å². The maximum absolute atomic E-state index is 12.6. The van der Waals surface area contributed by atoms with Crippen LogP contribution in [-0.2, 0) is 28.6 Å². The first-order valence-corrected chi connectivity index (χ1v) is 20.4. The summed E-state index contributed by atoms with van der Waals surface area (Å²) in [5, 5.41) is 0. The molecule has 0 aliphatic rings. The molecular formula is C41H78O6. The van der Waals surface area contributed by atoms with Crippen molar-refractivity contribution in [2.24, 2.45) is 5.92 Å². The lowest BCUT2D eigenvalue weighted by atomic mass is 10.0. The van der Waals surface area contributed by atoms with Gasteiger partial charge in [-0.3, -0.25) is 14.4 Å². The van der Waals surface area contributed by atoms with Crippen molar-refractivity contribution in [2.45, 2.75) is 226 Å². The van der Waals surface area contributed by atoms with Gasteiger partial charge in [-0.05, 0) is 25.2 Å². The summed E-state index contributed by atoms with van der Waals surface area (Å²) in [5.41, 5.74) is 0. The Morgan fingerprint density at radius 3 is 1.04 bits per heavy atom. The lowest BCUT2D eigenvalue weighted by Gasteiger charge is -2.18. The van der Waals surface area contributed by atoms with Crippen molar-refractivity contribution >= 4 is 17.9 Å². The first-order chi connectivity index (χ1) is 22.9. The van der Waals surface area contributed by atoms with Gasteiger partial charge < -0.3 is 14.2 Å². The van der Waals surface area contributed by atoms with Crippen LogP contribution in [0.4, 0.5) is 0 Å². The molecule has 0 amide bonds. The summed E-state index contributed by atoms with van der Waals surface area (Å²) in [7, 11) is 0. The van der Waals surface area contributed by atoms with Crippen molar-refractivity contribution in [3.63, 3.8) is 0 Å². The highest BCUT2D eigenvalue weighted by molar-refractivity contribution is 5.71. The Morgan fingerprint density at radius 2 is 0.702 bits per heavy atom. The van der Waals surface area contributed by atoms with Gasteiger partial charge in [0.25, 0.3) is 0 Å². The molecule has 47 heavy (non-hydrogen) atoms. The molecule has 0 N–H and O–H groups in total. The lowest BCUT2D eigenvalue weighted by Crippen LogP contribution is -2.30. The standard InChI is InChI=1S/C41H78O6/c1-5-7-9-11-13-15-16-18-19-24-28-32-39(42)45-35-38(47-41(44)34-30-26-20-17-14-12-10-8-6-2)36-46-40(43)33-29-25-22-21-23-27-31-37(3)4/h37-38H,5-36H2,1-4H3/t38-/m0/s1. The number of rotatable bonds is 36. The molecule has 0 rings (SSSR count). The predicted molar refractivity (Wildman–Crippen MR) is 196 cm³/mol. The zero-order chi connectivity index (χ0) is 34.6. The van der Waals surface area contributed by atoms with Gasteiger partial charge in [-0.25, -0.2) is 0 Å². The van der Waals surface area contributed by atoms with Crippen molar-refractivity contribution in [1.29, 1.82) is 0 Å². The van der Waals surface area contributed by atoms with Gasteiger partial charge in [0.1, 0.15) is 13.2 Å². The third-order valence-corrected chi connectivity index (χ3v) is 9.04. The summed E-state index contributed by atoms with van der Waals surface area (Å²) >= 11 is 0. The van der Waals surface area contributed by atoms with Crippen LogP contribution in [-0.4, -0.2) is 37.2 Å². The molecule has 6 nitrogen and oxygen atoms in total. The molecule has 0 saturated heterocycles. The van der Waals surface area contributed by atoms with E-state index in [0.29, 0.717) is 19.3 Å². The van der Waals surface area contributed by atoms with E-state index in [1.54, 1.807) is 0 Å². The van der Waals surface area contributed by atoms with Gasteiger partial charge in [0.2, 0.25) is 0 Å². The van der Waals surface area contributed by atoms with E-state index >= 15 is 0 Å². The number of carbonyl (C=O) groups is 3. The van der Waals surface area contributed by atoms with Gasteiger partial charge in [-0.1, -0.05) is 182 Å². The predicted octanol–water partition coefficient (Wildman–Crippen LogP) is 12.4. The van der Waals surface area contributed by atoms with Crippen LogP contribution in [0.25, 0.3) is 0 Å². The summed E-state index contributed by atoms with van der Waals surface area (Å²) in [6.07, 6.45) is 32.4. The van der Waals surface area contributed by atoms with Gasteiger partial charge in [0, 0.05) is 19.3 Å². The largest absolute Gasteiger partial charge is 0.462 e. The summed E-state index contributed by atoms with van der Waals surface area (Å²) in [5.74, 6) is -0.105. The second-order valence-corrected chi connectivity index (χ2v) is 14.4. The number of ether oxygens (including phenoxy) is 3. The fourth-order valence-corrected chi connectivity index (χ4v) is 5.92. The third kappa shape index (κ3) is 35.5. The van der Waals surface area contributed by atoms with E-state index in [2.05, 4.69) is 27.7 Å². The molecule has 0 spiro atoms. The molecule has 0 saturated carbocycles. The summed E-state index contributed by atoms with van der Waals surface area (Å²) in [4.78, 5) is 37.4. The second-order valence-electron chi connectivity index (χ2n) is 14.4. The van der Waals surface area contributed by atoms with E-state index in [0.717, 1.165) is 63.7 Å². The van der Waals surface area contributed by atoms with E-state index in [9.17, 15) is 14.4 Å². The van der Waals surface area contributed by atoms with Crippen molar-refractivity contribution in [2.75, 3.05) is 13.2 Å². The molecule has 0 aliphatic carbocycles. The molecule has 0 aromatic rings. The molecule has 0 bridgehead atoms. The average molecular weight is 667 g/mol. The van der Waals surface area contributed by atoms with Crippen LogP contribution in [0.3, 0.4) is 0 Å². The van der Waals surface area contributed by atoms with E-state index in [1.165, 1.54) is 116 Å². The molecule has 1 atom stereocenters. The Morgan fingerprint density at radius 1 is 0.404 bits per heavy atom. The molecule has 0 aromatic carbocycles. The average Bonchev–Trinajstić information content (AvgIpc) is 3.05. The number of hydrogen-bond donors (Lipinski definition) is 0. The van der Waals surface area contributed by atoms with Gasteiger partial charge in [-0.15, -0.1) is 0 Å². The monoisotopic (exact) mass is 667 g/mol. The van der Waals surface area contributed by atoms with Gasteiger partial charge in [-0.2, -0.15) is 0 Å². The molecule has 0 heterocycles. The summed E-state index contributed by atoms with van der Waals surface area (Å²) in [6, 6.07) is 0. The molecule has 278 valence electrons.